The Labute approximate surface area is 163 Å². The first-order valence-corrected chi connectivity index (χ1v) is 7.62. The molecule has 24 heavy (non-hydrogen) atoms. The second kappa shape index (κ2) is 11.2. The second-order valence-corrected chi connectivity index (χ2v) is 5.15. The van der Waals surface area contributed by atoms with Crippen LogP contribution >= 0.6 is 35.6 Å². The van der Waals surface area contributed by atoms with E-state index < -0.39 is 0 Å². The number of ether oxygens (including phenoxy) is 1. The summed E-state index contributed by atoms with van der Waals surface area (Å²) in [6.45, 7) is 1.87. The maximum Gasteiger partial charge on any atom is 0.246 e. The molecule has 0 radical (unpaired) electrons. The fourth-order valence-electron chi connectivity index (χ4n) is 1.85. The van der Waals surface area contributed by atoms with E-state index in [0.717, 1.165) is 18.5 Å². The molecular formula is C15H21ClIN5O2. The van der Waals surface area contributed by atoms with Crippen LogP contribution < -0.4 is 10.6 Å². The van der Waals surface area contributed by atoms with Crippen molar-refractivity contribution in [1.82, 2.24) is 20.8 Å². The first kappa shape index (κ1) is 20.7. The smallest absolute Gasteiger partial charge is 0.246 e. The quantitative estimate of drug-likeness (QED) is 0.283. The summed E-state index contributed by atoms with van der Waals surface area (Å²) in [5, 5.41) is 10.9. The number of rotatable bonds is 7. The normalized spacial score (nSPS) is 11.0. The fourth-order valence-corrected chi connectivity index (χ4v) is 1.97. The van der Waals surface area contributed by atoms with Crippen molar-refractivity contribution in [2.75, 3.05) is 27.3 Å². The molecule has 0 aliphatic carbocycles. The van der Waals surface area contributed by atoms with E-state index >= 15 is 0 Å². The Kier molecular flexibility index (Phi) is 9.65. The number of hydrogen-bond donors (Lipinski definition) is 2. The van der Waals surface area contributed by atoms with Crippen LogP contribution in [0.3, 0.4) is 0 Å². The molecule has 0 spiro atoms. The monoisotopic (exact) mass is 465 g/mol. The van der Waals surface area contributed by atoms with Crippen LogP contribution in [0.25, 0.3) is 11.4 Å². The Balaban J connectivity index is 0.00000288. The molecule has 0 unspecified atom stereocenters. The lowest BCUT2D eigenvalue weighted by Gasteiger charge is -2.09. The Hall–Kier alpha value is -1.39. The molecule has 1 aromatic carbocycles. The summed E-state index contributed by atoms with van der Waals surface area (Å²) in [5.74, 6) is 1.68. The topological polar surface area (TPSA) is 84.6 Å². The number of nitrogens with one attached hydrogen (secondary N) is 2. The zero-order valence-electron chi connectivity index (χ0n) is 13.6. The highest BCUT2D eigenvalue weighted by atomic mass is 127. The molecule has 0 aliphatic rings. The van der Waals surface area contributed by atoms with Crippen LogP contribution in [0.5, 0.6) is 0 Å². The zero-order chi connectivity index (χ0) is 16.5. The third kappa shape index (κ3) is 6.62. The van der Waals surface area contributed by atoms with Gasteiger partial charge in [0.25, 0.3) is 0 Å². The Morgan fingerprint density at radius 3 is 2.71 bits per heavy atom. The Morgan fingerprint density at radius 1 is 1.29 bits per heavy atom. The van der Waals surface area contributed by atoms with E-state index in [4.69, 9.17) is 20.9 Å². The summed E-state index contributed by atoms with van der Waals surface area (Å²) in [6.07, 6.45) is 0.901. The minimum atomic E-state index is 0. The van der Waals surface area contributed by atoms with Gasteiger partial charge < -0.3 is 19.9 Å². The SMILES string of the molecule is CN=C(NCCCOC)NCc1nc(-c2ccc(Cl)cc2)no1.I. The summed E-state index contributed by atoms with van der Waals surface area (Å²) >= 11 is 5.86. The minimum absolute atomic E-state index is 0. The van der Waals surface area contributed by atoms with Gasteiger partial charge in [0.05, 0.1) is 6.54 Å². The maximum absolute atomic E-state index is 5.86. The summed E-state index contributed by atoms with van der Waals surface area (Å²) < 4.78 is 10.2. The number of hydrogen-bond acceptors (Lipinski definition) is 5. The predicted octanol–water partition coefficient (Wildman–Crippen LogP) is 2.71. The molecule has 2 aromatic rings. The van der Waals surface area contributed by atoms with Crippen molar-refractivity contribution < 1.29 is 9.26 Å². The molecule has 1 aromatic heterocycles. The Bertz CT molecular complexity index is 633. The molecule has 132 valence electrons. The van der Waals surface area contributed by atoms with Gasteiger partial charge in [-0.15, -0.1) is 24.0 Å². The number of benzene rings is 1. The van der Waals surface area contributed by atoms with Crippen LogP contribution in [0.1, 0.15) is 12.3 Å². The average Bonchev–Trinajstić information content (AvgIpc) is 3.04. The van der Waals surface area contributed by atoms with Crippen LogP contribution in [0.2, 0.25) is 5.02 Å². The van der Waals surface area contributed by atoms with Gasteiger partial charge >= 0.3 is 0 Å². The van der Waals surface area contributed by atoms with Crippen LogP contribution in [-0.4, -0.2) is 43.4 Å². The highest BCUT2D eigenvalue weighted by Crippen LogP contribution is 2.18. The van der Waals surface area contributed by atoms with Crippen molar-refractivity contribution in [3.63, 3.8) is 0 Å². The third-order valence-electron chi connectivity index (χ3n) is 3.02. The molecule has 0 saturated carbocycles. The average molecular weight is 466 g/mol. The minimum Gasteiger partial charge on any atom is -0.385 e. The van der Waals surface area contributed by atoms with Gasteiger partial charge in [-0.3, -0.25) is 4.99 Å². The first-order valence-electron chi connectivity index (χ1n) is 7.25. The first-order chi connectivity index (χ1) is 11.2. The molecule has 0 atom stereocenters. The van der Waals surface area contributed by atoms with E-state index in [9.17, 15) is 0 Å². The lowest BCUT2D eigenvalue weighted by Crippen LogP contribution is -2.37. The number of methoxy groups -OCH3 is 1. The molecule has 1 heterocycles. The van der Waals surface area contributed by atoms with E-state index in [-0.39, 0.29) is 24.0 Å². The maximum atomic E-state index is 5.86. The van der Waals surface area contributed by atoms with Crippen molar-refractivity contribution >= 4 is 41.5 Å². The van der Waals surface area contributed by atoms with E-state index in [1.807, 2.05) is 12.1 Å². The molecule has 0 bridgehead atoms. The summed E-state index contributed by atoms with van der Waals surface area (Å²) in [7, 11) is 3.39. The van der Waals surface area contributed by atoms with Gasteiger partial charge in [-0.25, -0.2) is 0 Å². The Morgan fingerprint density at radius 2 is 2.04 bits per heavy atom. The van der Waals surface area contributed by atoms with Crippen LogP contribution in [0.15, 0.2) is 33.8 Å². The van der Waals surface area contributed by atoms with Gasteiger partial charge in [-0.1, -0.05) is 16.8 Å². The van der Waals surface area contributed by atoms with Crippen molar-refractivity contribution in [3.05, 3.63) is 35.2 Å². The van der Waals surface area contributed by atoms with Crippen molar-refractivity contribution in [2.45, 2.75) is 13.0 Å². The number of guanidine groups is 1. The molecule has 2 rings (SSSR count). The van der Waals surface area contributed by atoms with E-state index in [1.54, 1.807) is 26.3 Å². The molecular weight excluding hydrogens is 445 g/mol. The second-order valence-electron chi connectivity index (χ2n) is 4.72. The molecule has 9 heteroatoms. The van der Waals surface area contributed by atoms with Gasteiger partial charge in [0.15, 0.2) is 5.96 Å². The molecule has 2 N–H and O–H groups in total. The van der Waals surface area contributed by atoms with Crippen LogP contribution in [0, 0.1) is 0 Å². The molecule has 0 aliphatic heterocycles. The van der Waals surface area contributed by atoms with E-state index in [1.165, 1.54) is 0 Å². The molecule has 0 fully saturated rings. The van der Waals surface area contributed by atoms with Crippen molar-refractivity contribution in [3.8, 4) is 11.4 Å². The fraction of sp³-hybridized carbons (Fsp3) is 0.400. The summed E-state index contributed by atoms with van der Waals surface area (Å²) in [5.41, 5.74) is 0.853. The van der Waals surface area contributed by atoms with Crippen molar-refractivity contribution in [2.24, 2.45) is 4.99 Å². The molecule has 0 saturated heterocycles. The van der Waals surface area contributed by atoms with Gasteiger partial charge in [0, 0.05) is 37.9 Å². The summed E-state index contributed by atoms with van der Waals surface area (Å²) in [4.78, 5) is 8.46. The largest absolute Gasteiger partial charge is 0.385 e. The number of halogens is 2. The van der Waals surface area contributed by atoms with E-state index in [0.29, 0.717) is 35.8 Å². The van der Waals surface area contributed by atoms with Crippen LogP contribution in [0.4, 0.5) is 0 Å². The van der Waals surface area contributed by atoms with Crippen LogP contribution in [-0.2, 0) is 11.3 Å². The number of nitrogens with zero attached hydrogens (tertiary/aromatic N) is 3. The highest BCUT2D eigenvalue weighted by Gasteiger charge is 2.09. The highest BCUT2D eigenvalue weighted by molar-refractivity contribution is 14.0. The lowest BCUT2D eigenvalue weighted by atomic mass is 10.2. The molecule has 0 amide bonds. The zero-order valence-corrected chi connectivity index (χ0v) is 16.7. The lowest BCUT2D eigenvalue weighted by molar-refractivity contribution is 0.195. The van der Waals surface area contributed by atoms with Crippen molar-refractivity contribution in [1.29, 1.82) is 0 Å². The van der Waals surface area contributed by atoms with Gasteiger partial charge in [0.2, 0.25) is 11.7 Å². The standard InChI is InChI=1S/C15H20ClN5O2.HI/c1-17-15(18-8-3-9-22-2)19-10-13-20-14(21-23-13)11-4-6-12(16)7-5-11;/h4-7H,3,8-10H2,1-2H3,(H2,17,18,19);1H. The van der Waals surface area contributed by atoms with Gasteiger partial charge in [-0.05, 0) is 30.7 Å². The third-order valence-corrected chi connectivity index (χ3v) is 3.27. The number of aromatic nitrogens is 2. The molecule has 7 nitrogen and oxygen atoms in total. The van der Waals surface area contributed by atoms with Gasteiger partial charge in [-0.2, -0.15) is 4.98 Å². The number of aliphatic imine (C=N–C) groups is 1. The van der Waals surface area contributed by atoms with E-state index in [2.05, 4.69) is 25.8 Å². The van der Waals surface area contributed by atoms with Gasteiger partial charge in [0.1, 0.15) is 0 Å². The summed E-state index contributed by atoms with van der Waals surface area (Å²) in [6, 6.07) is 7.27. The predicted molar refractivity (Wildman–Crippen MR) is 105 cm³/mol.